The highest BCUT2D eigenvalue weighted by molar-refractivity contribution is 6.33. The average Bonchev–Trinajstić information content (AvgIpc) is 2.33. The van der Waals surface area contributed by atoms with Gasteiger partial charge in [0.15, 0.2) is 0 Å². The normalized spacial score (nSPS) is 9.95. The van der Waals surface area contributed by atoms with Crippen LogP contribution in [0.2, 0.25) is 5.02 Å². The summed E-state index contributed by atoms with van der Waals surface area (Å²) in [5, 5.41) is 21.3. The van der Waals surface area contributed by atoms with Crippen molar-refractivity contribution in [1.82, 2.24) is 5.32 Å². The molecule has 1 rings (SSSR count). The number of carbonyl (C=O) groups is 2. The Morgan fingerprint density at radius 1 is 1.42 bits per heavy atom. The summed E-state index contributed by atoms with van der Waals surface area (Å²) in [6.45, 7) is 0.208. The fraction of sp³-hybridized carbons (Fsp3) is 0.273. The van der Waals surface area contributed by atoms with Crippen molar-refractivity contribution in [2.45, 2.75) is 12.8 Å². The van der Waals surface area contributed by atoms with Crippen LogP contribution in [-0.2, 0) is 4.79 Å². The lowest BCUT2D eigenvalue weighted by molar-refractivity contribution is -0.384. The molecule has 1 aromatic carbocycles. The first-order valence-electron chi connectivity index (χ1n) is 5.35. The van der Waals surface area contributed by atoms with Crippen molar-refractivity contribution in [2.24, 2.45) is 0 Å². The lowest BCUT2D eigenvalue weighted by Gasteiger charge is -2.04. The van der Waals surface area contributed by atoms with Gasteiger partial charge in [0.25, 0.3) is 11.6 Å². The minimum Gasteiger partial charge on any atom is -0.481 e. The zero-order valence-electron chi connectivity index (χ0n) is 9.76. The molecule has 1 amide bonds. The van der Waals surface area contributed by atoms with E-state index in [1.54, 1.807) is 0 Å². The first-order valence-corrected chi connectivity index (χ1v) is 5.73. The minimum atomic E-state index is -0.937. The van der Waals surface area contributed by atoms with Crippen molar-refractivity contribution in [3.05, 3.63) is 38.9 Å². The number of nitro benzene ring substituents is 1. The molecule has 7 nitrogen and oxygen atoms in total. The molecule has 0 saturated carbocycles. The van der Waals surface area contributed by atoms with Crippen LogP contribution in [0.5, 0.6) is 0 Å². The summed E-state index contributed by atoms with van der Waals surface area (Å²) in [4.78, 5) is 31.8. The van der Waals surface area contributed by atoms with Crippen LogP contribution in [0.3, 0.4) is 0 Å². The van der Waals surface area contributed by atoms with Gasteiger partial charge in [0, 0.05) is 24.6 Å². The monoisotopic (exact) mass is 286 g/mol. The van der Waals surface area contributed by atoms with Gasteiger partial charge in [0.1, 0.15) is 5.02 Å². The van der Waals surface area contributed by atoms with Crippen LogP contribution in [0.25, 0.3) is 0 Å². The van der Waals surface area contributed by atoms with Crippen LogP contribution in [-0.4, -0.2) is 28.5 Å². The summed E-state index contributed by atoms with van der Waals surface area (Å²) in [7, 11) is 0. The molecule has 2 N–H and O–H groups in total. The number of rotatable bonds is 6. The highest BCUT2D eigenvalue weighted by Crippen LogP contribution is 2.24. The van der Waals surface area contributed by atoms with E-state index in [4.69, 9.17) is 16.7 Å². The second-order valence-electron chi connectivity index (χ2n) is 3.68. The second-order valence-corrected chi connectivity index (χ2v) is 4.08. The van der Waals surface area contributed by atoms with Crippen molar-refractivity contribution >= 4 is 29.2 Å². The zero-order valence-corrected chi connectivity index (χ0v) is 10.5. The van der Waals surface area contributed by atoms with E-state index in [1.807, 2.05) is 0 Å². The van der Waals surface area contributed by atoms with Gasteiger partial charge in [-0.25, -0.2) is 0 Å². The SMILES string of the molecule is O=C(O)CCCNC(=O)c1ccc([N+](=O)[O-])c(Cl)c1. The van der Waals surface area contributed by atoms with Gasteiger partial charge in [0.2, 0.25) is 0 Å². The van der Waals surface area contributed by atoms with Gasteiger partial charge in [-0.1, -0.05) is 11.6 Å². The Bertz CT molecular complexity index is 518. The van der Waals surface area contributed by atoms with Crippen molar-refractivity contribution in [1.29, 1.82) is 0 Å². The molecule has 0 bridgehead atoms. The van der Waals surface area contributed by atoms with Gasteiger partial charge >= 0.3 is 5.97 Å². The highest BCUT2D eigenvalue weighted by atomic mass is 35.5. The molecule has 102 valence electrons. The van der Waals surface area contributed by atoms with Crippen molar-refractivity contribution in [3.63, 3.8) is 0 Å². The van der Waals surface area contributed by atoms with E-state index in [2.05, 4.69) is 5.32 Å². The third-order valence-electron chi connectivity index (χ3n) is 2.26. The predicted octanol–water partition coefficient (Wildman–Crippen LogP) is 1.84. The number of carboxylic acid groups (broad SMARTS) is 1. The van der Waals surface area contributed by atoms with Gasteiger partial charge in [-0.2, -0.15) is 0 Å². The zero-order chi connectivity index (χ0) is 14.4. The average molecular weight is 287 g/mol. The molecule has 0 aliphatic heterocycles. The van der Waals surface area contributed by atoms with E-state index in [-0.39, 0.29) is 29.2 Å². The number of hydrogen-bond acceptors (Lipinski definition) is 4. The number of halogens is 1. The number of aliphatic carboxylic acids is 1. The highest BCUT2D eigenvalue weighted by Gasteiger charge is 2.14. The summed E-state index contributed by atoms with van der Waals surface area (Å²) in [5.74, 6) is -1.39. The maximum Gasteiger partial charge on any atom is 0.303 e. The molecule has 0 heterocycles. The lowest BCUT2D eigenvalue weighted by atomic mass is 10.2. The Balaban J connectivity index is 2.60. The van der Waals surface area contributed by atoms with Crippen molar-refractivity contribution in [3.8, 4) is 0 Å². The maximum absolute atomic E-state index is 11.6. The first-order chi connectivity index (χ1) is 8.91. The van der Waals surface area contributed by atoms with Crippen molar-refractivity contribution < 1.29 is 19.6 Å². The molecule has 8 heteroatoms. The Morgan fingerprint density at radius 2 is 2.11 bits per heavy atom. The number of nitro groups is 1. The lowest BCUT2D eigenvalue weighted by Crippen LogP contribution is -2.24. The Morgan fingerprint density at radius 3 is 2.63 bits per heavy atom. The third kappa shape index (κ3) is 4.55. The maximum atomic E-state index is 11.6. The molecule has 1 aromatic rings. The summed E-state index contributed by atoms with van der Waals surface area (Å²) < 4.78 is 0. The van der Waals surface area contributed by atoms with Crippen LogP contribution in [0.4, 0.5) is 5.69 Å². The Kier molecular flexibility index (Phi) is 5.25. The van der Waals surface area contributed by atoms with E-state index in [0.717, 1.165) is 6.07 Å². The van der Waals surface area contributed by atoms with E-state index in [9.17, 15) is 19.7 Å². The van der Waals surface area contributed by atoms with Crippen LogP contribution in [0.15, 0.2) is 18.2 Å². The molecule has 0 saturated heterocycles. The predicted molar refractivity (Wildman–Crippen MR) is 67.3 cm³/mol. The molecular formula is C11H11ClN2O5. The Labute approximate surface area is 113 Å². The van der Waals surface area contributed by atoms with Crippen LogP contribution in [0.1, 0.15) is 23.2 Å². The number of nitrogens with one attached hydrogen (secondary N) is 1. The van der Waals surface area contributed by atoms with Gasteiger partial charge in [-0.3, -0.25) is 19.7 Å². The third-order valence-corrected chi connectivity index (χ3v) is 2.56. The number of carbonyl (C=O) groups excluding carboxylic acids is 1. The largest absolute Gasteiger partial charge is 0.481 e. The number of amides is 1. The fourth-order valence-corrected chi connectivity index (χ4v) is 1.59. The molecule has 0 atom stereocenters. The Hall–Kier alpha value is -2.15. The number of nitrogens with zero attached hydrogens (tertiary/aromatic N) is 1. The smallest absolute Gasteiger partial charge is 0.303 e. The molecule has 0 fully saturated rings. The standard InChI is InChI=1S/C11H11ClN2O5/c12-8-6-7(3-4-9(8)14(18)19)11(17)13-5-1-2-10(15)16/h3-4,6H,1-2,5H2,(H,13,17)(H,15,16). The molecule has 0 spiro atoms. The molecule has 0 aromatic heterocycles. The number of carboxylic acids is 1. The summed E-state index contributed by atoms with van der Waals surface area (Å²) in [5.41, 5.74) is -0.0879. The van der Waals surface area contributed by atoms with E-state index < -0.39 is 16.8 Å². The van der Waals surface area contributed by atoms with E-state index >= 15 is 0 Å². The van der Waals surface area contributed by atoms with Gasteiger partial charge in [0.05, 0.1) is 4.92 Å². The number of benzene rings is 1. The van der Waals surface area contributed by atoms with Gasteiger partial charge in [-0.05, 0) is 18.6 Å². The summed E-state index contributed by atoms with van der Waals surface area (Å²) in [6.07, 6.45) is 0.267. The number of hydrogen-bond donors (Lipinski definition) is 2. The van der Waals surface area contributed by atoms with Crippen molar-refractivity contribution in [2.75, 3.05) is 6.54 Å². The van der Waals surface area contributed by atoms with Crippen LogP contribution in [0, 0.1) is 10.1 Å². The summed E-state index contributed by atoms with van der Waals surface area (Å²) >= 11 is 5.67. The molecule has 0 radical (unpaired) electrons. The first kappa shape index (κ1) is 14.9. The quantitative estimate of drug-likeness (QED) is 0.471. The summed E-state index contributed by atoms with van der Waals surface area (Å²) in [6, 6.07) is 3.64. The van der Waals surface area contributed by atoms with E-state index in [1.165, 1.54) is 12.1 Å². The molecule has 0 aliphatic rings. The second kappa shape index (κ2) is 6.69. The fourth-order valence-electron chi connectivity index (χ4n) is 1.34. The van der Waals surface area contributed by atoms with E-state index in [0.29, 0.717) is 6.42 Å². The molecule has 0 unspecified atom stereocenters. The molecule has 0 aliphatic carbocycles. The topological polar surface area (TPSA) is 110 Å². The molecule has 19 heavy (non-hydrogen) atoms. The van der Waals surface area contributed by atoms with Gasteiger partial charge < -0.3 is 10.4 Å². The van der Waals surface area contributed by atoms with Gasteiger partial charge in [-0.15, -0.1) is 0 Å². The minimum absolute atomic E-state index is 0.0404. The molecular weight excluding hydrogens is 276 g/mol. The van der Waals surface area contributed by atoms with Crippen LogP contribution >= 0.6 is 11.6 Å². The van der Waals surface area contributed by atoms with Crippen LogP contribution < -0.4 is 5.32 Å².